The van der Waals surface area contributed by atoms with Gasteiger partial charge in [-0.3, -0.25) is 10.1 Å². The lowest BCUT2D eigenvalue weighted by Gasteiger charge is -2.04. The molecule has 0 aliphatic rings. The first-order valence-corrected chi connectivity index (χ1v) is 6.03. The van der Waals surface area contributed by atoms with Gasteiger partial charge in [0.15, 0.2) is 9.84 Å². The van der Waals surface area contributed by atoms with E-state index in [4.69, 9.17) is 5.11 Å². The minimum Gasteiger partial charge on any atom is -0.465 e. The first-order chi connectivity index (χ1) is 8.24. The molecule has 0 fully saturated rings. The Morgan fingerprint density at radius 3 is 2.61 bits per heavy atom. The molecule has 1 aromatic carbocycles. The third kappa shape index (κ3) is 3.13. The van der Waals surface area contributed by atoms with Crippen molar-refractivity contribution in [2.24, 2.45) is 0 Å². The van der Waals surface area contributed by atoms with Gasteiger partial charge in [0, 0.05) is 6.07 Å². The van der Waals surface area contributed by atoms with Gasteiger partial charge in [-0.25, -0.2) is 13.2 Å². The number of amides is 1. The van der Waals surface area contributed by atoms with Crippen molar-refractivity contribution in [1.29, 1.82) is 0 Å². The van der Waals surface area contributed by atoms with Crippen LogP contribution in [0.4, 0.5) is 14.9 Å². The number of nitrogens with zero attached hydrogens (tertiary/aromatic N) is 1. The van der Waals surface area contributed by atoms with Crippen LogP contribution in [0.25, 0.3) is 0 Å². The molecule has 98 valence electrons. The van der Waals surface area contributed by atoms with Crippen molar-refractivity contribution in [3.05, 3.63) is 34.1 Å². The van der Waals surface area contributed by atoms with E-state index in [0.717, 1.165) is 6.07 Å². The van der Waals surface area contributed by atoms with Crippen LogP contribution in [0.15, 0.2) is 23.1 Å². The minimum atomic E-state index is -4.09. The van der Waals surface area contributed by atoms with Crippen LogP contribution in [0.3, 0.4) is 0 Å². The van der Waals surface area contributed by atoms with Crippen molar-refractivity contribution in [3.8, 4) is 0 Å². The summed E-state index contributed by atoms with van der Waals surface area (Å²) in [7, 11) is -4.09. The highest BCUT2D eigenvalue weighted by atomic mass is 32.2. The molecule has 8 nitrogen and oxygen atoms in total. The molecule has 0 saturated carbocycles. The number of nitrogens with one attached hydrogen (secondary N) is 1. The Hall–Kier alpha value is -2.23. The topological polar surface area (TPSA) is 127 Å². The molecule has 0 radical (unpaired) electrons. The standard InChI is InChI=1S/C8H7FN2O6S/c9-6-2-1-5(3-7(6)11(14)15)18(16,17)4-10-8(12)13/h1-3,10H,4H2,(H,12,13). The van der Waals surface area contributed by atoms with Gasteiger partial charge in [0.25, 0.3) is 0 Å². The highest BCUT2D eigenvalue weighted by Gasteiger charge is 2.21. The lowest BCUT2D eigenvalue weighted by atomic mass is 10.3. The first kappa shape index (κ1) is 13.8. The van der Waals surface area contributed by atoms with Crippen LogP contribution in [0, 0.1) is 15.9 Å². The third-order valence-corrected chi connectivity index (χ3v) is 3.38. The van der Waals surface area contributed by atoms with E-state index in [0.29, 0.717) is 12.1 Å². The Labute approximate surface area is 100 Å². The Kier molecular flexibility index (Phi) is 3.81. The highest BCUT2D eigenvalue weighted by Crippen LogP contribution is 2.21. The third-order valence-electron chi connectivity index (χ3n) is 1.89. The zero-order chi connectivity index (χ0) is 13.9. The maximum absolute atomic E-state index is 13.0. The van der Waals surface area contributed by atoms with Crippen molar-refractivity contribution in [3.63, 3.8) is 0 Å². The smallest absolute Gasteiger partial charge is 0.405 e. The van der Waals surface area contributed by atoms with Gasteiger partial charge in [-0.1, -0.05) is 0 Å². The number of sulfone groups is 1. The summed E-state index contributed by atoms with van der Waals surface area (Å²) in [6.45, 7) is 0. The van der Waals surface area contributed by atoms with E-state index in [1.807, 2.05) is 0 Å². The molecule has 0 saturated heterocycles. The van der Waals surface area contributed by atoms with Gasteiger partial charge in [0.2, 0.25) is 5.82 Å². The Balaban J connectivity index is 3.14. The number of carboxylic acid groups (broad SMARTS) is 1. The maximum atomic E-state index is 13.0. The summed E-state index contributed by atoms with van der Waals surface area (Å²) in [5.41, 5.74) is -0.994. The van der Waals surface area contributed by atoms with Crippen LogP contribution in [0.5, 0.6) is 0 Å². The predicted octanol–water partition coefficient (Wildman–Crippen LogP) is 0.733. The van der Waals surface area contributed by atoms with E-state index in [-0.39, 0.29) is 0 Å². The number of hydrogen-bond donors (Lipinski definition) is 2. The normalized spacial score (nSPS) is 10.9. The van der Waals surface area contributed by atoms with Gasteiger partial charge in [-0.05, 0) is 12.1 Å². The minimum absolute atomic E-state index is 0.536. The summed E-state index contributed by atoms with van der Waals surface area (Å²) < 4.78 is 36.1. The van der Waals surface area contributed by atoms with E-state index in [2.05, 4.69) is 0 Å². The van der Waals surface area contributed by atoms with Crippen LogP contribution in [-0.2, 0) is 9.84 Å². The van der Waals surface area contributed by atoms with Gasteiger partial charge in [0.1, 0.15) is 5.88 Å². The lowest BCUT2D eigenvalue weighted by Crippen LogP contribution is -2.28. The van der Waals surface area contributed by atoms with Crippen molar-refractivity contribution in [2.45, 2.75) is 4.90 Å². The molecular formula is C8H7FN2O6S. The van der Waals surface area contributed by atoms with Crippen molar-refractivity contribution in [2.75, 3.05) is 5.88 Å². The number of rotatable bonds is 4. The highest BCUT2D eigenvalue weighted by molar-refractivity contribution is 7.91. The number of halogens is 1. The molecule has 0 spiro atoms. The largest absolute Gasteiger partial charge is 0.465 e. The van der Waals surface area contributed by atoms with Crippen molar-refractivity contribution >= 4 is 21.6 Å². The maximum Gasteiger partial charge on any atom is 0.405 e. The van der Waals surface area contributed by atoms with Gasteiger partial charge in [-0.2, -0.15) is 4.39 Å². The SMILES string of the molecule is O=C(O)NCS(=O)(=O)c1ccc(F)c([N+](=O)[O-])c1. The molecule has 0 atom stereocenters. The molecule has 2 N–H and O–H groups in total. The molecule has 0 unspecified atom stereocenters. The Bertz CT molecular complexity index is 600. The first-order valence-electron chi connectivity index (χ1n) is 4.37. The van der Waals surface area contributed by atoms with E-state index in [1.54, 1.807) is 5.32 Å². The molecule has 1 aromatic rings. The number of nitro benzene ring substituents is 1. The number of benzene rings is 1. The number of carbonyl (C=O) groups is 1. The van der Waals surface area contributed by atoms with Crippen LogP contribution in [0.1, 0.15) is 0 Å². The molecule has 1 amide bonds. The molecule has 0 bridgehead atoms. The second-order valence-corrected chi connectivity index (χ2v) is 5.10. The second-order valence-electron chi connectivity index (χ2n) is 3.11. The summed E-state index contributed by atoms with van der Waals surface area (Å²) in [5, 5.41) is 20.3. The average molecular weight is 278 g/mol. The molecule has 0 heterocycles. The summed E-state index contributed by atoms with van der Waals surface area (Å²) in [5.74, 6) is -2.13. The van der Waals surface area contributed by atoms with Crippen LogP contribution < -0.4 is 5.32 Å². The summed E-state index contributed by atoms with van der Waals surface area (Å²) >= 11 is 0. The van der Waals surface area contributed by atoms with Crippen LogP contribution in [-0.4, -0.2) is 30.4 Å². The van der Waals surface area contributed by atoms with Gasteiger partial charge in [0.05, 0.1) is 9.82 Å². The number of nitro groups is 1. The zero-order valence-electron chi connectivity index (χ0n) is 8.66. The summed E-state index contributed by atoms with van der Waals surface area (Å²) in [6, 6.07) is 1.99. The monoisotopic (exact) mass is 278 g/mol. The summed E-state index contributed by atoms with van der Waals surface area (Å²) in [4.78, 5) is 19.0. The van der Waals surface area contributed by atoms with E-state index >= 15 is 0 Å². The van der Waals surface area contributed by atoms with E-state index in [1.165, 1.54) is 0 Å². The molecule has 18 heavy (non-hydrogen) atoms. The van der Waals surface area contributed by atoms with Crippen molar-refractivity contribution in [1.82, 2.24) is 5.32 Å². The zero-order valence-corrected chi connectivity index (χ0v) is 9.48. The average Bonchev–Trinajstić information content (AvgIpc) is 2.26. The fraction of sp³-hybridized carbons (Fsp3) is 0.125. The fourth-order valence-corrected chi connectivity index (χ4v) is 2.11. The van der Waals surface area contributed by atoms with E-state index < -0.39 is 43.1 Å². The van der Waals surface area contributed by atoms with Crippen molar-refractivity contribution < 1.29 is 27.6 Å². The Morgan fingerprint density at radius 1 is 1.50 bits per heavy atom. The predicted molar refractivity (Wildman–Crippen MR) is 56.3 cm³/mol. The Morgan fingerprint density at radius 2 is 2.11 bits per heavy atom. The fourth-order valence-electron chi connectivity index (χ4n) is 1.07. The lowest BCUT2D eigenvalue weighted by molar-refractivity contribution is -0.387. The van der Waals surface area contributed by atoms with Gasteiger partial charge < -0.3 is 10.4 Å². The van der Waals surface area contributed by atoms with Crippen LogP contribution in [0.2, 0.25) is 0 Å². The van der Waals surface area contributed by atoms with Crippen LogP contribution >= 0.6 is 0 Å². The molecular weight excluding hydrogens is 271 g/mol. The molecule has 0 aliphatic heterocycles. The number of hydrogen-bond acceptors (Lipinski definition) is 5. The summed E-state index contributed by atoms with van der Waals surface area (Å²) in [6.07, 6.45) is -1.56. The molecule has 0 aliphatic carbocycles. The molecule has 10 heteroatoms. The van der Waals surface area contributed by atoms with E-state index in [9.17, 15) is 27.7 Å². The van der Waals surface area contributed by atoms with Gasteiger partial charge >= 0.3 is 11.8 Å². The second kappa shape index (κ2) is 4.96. The van der Waals surface area contributed by atoms with Gasteiger partial charge in [-0.15, -0.1) is 0 Å². The molecule has 0 aromatic heterocycles. The molecule has 1 rings (SSSR count). The quantitative estimate of drug-likeness (QED) is 0.475.